The molecular weight excluding hydrogens is 254 g/mol. The van der Waals surface area contributed by atoms with Crippen molar-refractivity contribution in [2.24, 2.45) is 0 Å². The quantitative estimate of drug-likeness (QED) is 0.879. The Morgan fingerprint density at radius 1 is 1.26 bits per heavy atom. The second kappa shape index (κ2) is 7.20. The van der Waals surface area contributed by atoms with E-state index in [4.69, 9.17) is 4.74 Å². The standard InChI is InChI=1S/C16H25NOS/c1-12(13-5-4-6-15(11-13)18-2)17-14-7-9-16(19-3)10-8-14/h4-6,11-12,14,16-17H,7-10H2,1-3H3. The van der Waals surface area contributed by atoms with Crippen molar-refractivity contribution in [3.63, 3.8) is 0 Å². The molecule has 19 heavy (non-hydrogen) atoms. The van der Waals surface area contributed by atoms with Crippen LogP contribution >= 0.6 is 11.8 Å². The molecule has 1 aliphatic rings. The van der Waals surface area contributed by atoms with Crippen molar-refractivity contribution in [3.05, 3.63) is 29.8 Å². The molecule has 0 bridgehead atoms. The second-order valence-corrected chi connectivity index (χ2v) is 6.51. The Balaban J connectivity index is 1.88. The van der Waals surface area contributed by atoms with E-state index in [9.17, 15) is 0 Å². The molecule has 106 valence electrons. The van der Waals surface area contributed by atoms with Crippen LogP contribution < -0.4 is 10.1 Å². The van der Waals surface area contributed by atoms with Gasteiger partial charge >= 0.3 is 0 Å². The summed E-state index contributed by atoms with van der Waals surface area (Å²) in [5.74, 6) is 0.942. The number of ether oxygens (including phenoxy) is 1. The molecule has 0 saturated heterocycles. The average molecular weight is 279 g/mol. The molecule has 0 spiro atoms. The zero-order valence-corrected chi connectivity index (χ0v) is 13.0. The highest BCUT2D eigenvalue weighted by Crippen LogP contribution is 2.28. The Hall–Kier alpha value is -0.670. The van der Waals surface area contributed by atoms with Gasteiger partial charge in [-0.2, -0.15) is 11.8 Å². The van der Waals surface area contributed by atoms with Crippen LogP contribution in [0.25, 0.3) is 0 Å². The Morgan fingerprint density at radius 2 is 2.00 bits per heavy atom. The van der Waals surface area contributed by atoms with Gasteiger partial charge in [0.2, 0.25) is 0 Å². The van der Waals surface area contributed by atoms with E-state index in [1.165, 1.54) is 31.2 Å². The predicted molar refractivity (Wildman–Crippen MR) is 84.1 cm³/mol. The minimum absolute atomic E-state index is 0.394. The largest absolute Gasteiger partial charge is 0.497 e. The summed E-state index contributed by atoms with van der Waals surface area (Å²) < 4.78 is 5.29. The molecule has 1 atom stereocenters. The fourth-order valence-corrected chi connectivity index (χ4v) is 3.57. The summed E-state index contributed by atoms with van der Waals surface area (Å²) in [4.78, 5) is 0. The zero-order chi connectivity index (χ0) is 13.7. The number of hydrogen-bond acceptors (Lipinski definition) is 3. The third kappa shape index (κ3) is 4.15. The lowest BCUT2D eigenvalue weighted by Crippen LogP contribution is -2.35. The lowest BCUT2D eigenvalue weighted by atomic mass is 9.93. The van der Waals surface area contributed by atoms with Crippen molar-refractivity contribution in [2.45, 2.75) is 49.9 Å². The van der Waals surface area contributed by atoms with Crippen molar-refractivity contribution < 1.29 is 4.74 Å². The van der Waals surface area contributed by atoms with Crippen LogP contribution in [0.2, 0.25) is 0 Å². The van der Waals surface area contributed by atoms with Crippen molar-refractivity contribution in [1.29, 1.82) is 0 Å². The molecule has 0 aliphatic heterocycles. The van der Waals surface area contributed by atoms with Crippen molar-refractivity contribution in [3.8, 4) is 5.75 Å². The molecule has 0 amide bonds. The molecule has 1 aromatic rings. The van der Waals surface area contributed by atoms with E-state index in [0.29, 0.717) is 12.1 Å². The van der Waals surface area contributed by atoms with Gasteiger partial charge in [0.15, 0.2) is 0 Å². The molecule has 1 aromatic carbocycles. The van der Waals surface area contributed by atoms with E-state index in [-0.39, 0.29) is 0 Å². The third-order valence-electron chi connectivity index (χ3n) is 4.09. The Bertz CT molecular complexity index is 388. The van der Waals surface area contributed by atoms with Crippen LogP contribution in [-0.4, -0.2) is 24.7 Å². The molecule has 0 heterocycles. The van der Waals surface area contributed by atoms with Crippen molar-refractivity contribution in [1.82, 2.24) is 5.32 Å². The first kappa shape index (κ1) is 14.7. The molecule has 3 heteroatoms. The average Bonchev–Trinajstić information content (AvgIpc) is 2.48. The predicted octanol–water partition coefficient (Wildman–Crippen LogP) is 4.02. The first-order valence-corrected chi connectivity index (χ1v) is 8.44. The topological polar surface area (TPSA) is 21.3 Å². The molecule has 2 rings (SSSR count). The van der Waals surface area contributed by atoms with Gasteiger partial charge in [0.25, 0.3) is 0 Å². The lowest BCUT2D eigenvalue weighted by Gasteiger charge is -2.30. The van der Waals surface area contributed by atoms with E-state index < -0.39 is 0 Å². The van der Waals surface area contributed by atoms with Crippen LogP contribution in [-0.2, 0) is 0 Å². The van der Waals surface area contributed by atoms with Crippen LogP contribution in [0.5, 0.6) is 5.75 Å². The van der Waals surface area contributed by atoms with E-state index >= 15 is 0 Å². The van der Waals surface area contributed by atoms with Gasteiger partial charge in [-0.15, -0.1) is 0 Å². The summed E-state index contributed by atoms with van der Waals surface area (Å²) in [5.41, 5.74) is 1.31. The van der Waals surface area contributed by atoms with Gasteiger partial charge < -0.3 is 10.1 Å². The van der Waals surface area contributed by atoms with E-state index in [0.717, 1.165) is 11.0 Å². The molecule has 2 nitrogen and oxygen atoms in total. The third-order valence-corrected chi connectivity index (χ3v) is 5.23. The number of rotatable bonds is 5. The Kier molecular flexibility index (Phi) is 5.59. The van der Waals surface area contributed by atoms with Gasteiger partial charge in [0.1, 0.15) is 5.75 Å². The molecule has 1 saturated carbocycles. The smallest absolute Gasteiger partial charge is 0.119 e. The van der Waals surface area contributed by atoms with E-state index in [1.807, 2.05) is 17.8 Å². The lowest BCUT2D eigenvalue weighted by molar-refractivity contribution is 0.351. The monoisotopic (exact) mass is 279 g/mol. The highest BCUT2D eigenvalue weighted by Gasteiger charge is 2.21. The zero-order valence-electron chi connectivity index (χ0n) is 12.2. The van der Waals surface area contributed by atoms with Crippen LogP contribution in [0, 0.1) is 0 Å². The van der Waals surface area contributed by atoms with Gasteiger partial charge in [-0.25, -0.2) is 0 Å². The summed E-state index contributed by atoms with van der Waals surface area (Å²) in [6, 6.07) is 9.44. The van der Waals surface area contributed by atoms with Crippen LogP contribution in [0.4, 0.5) is 0 Å². The Morgan fingerprint density at radius 3 is 2.63 bits per heavy atom. The molecular formula is C16H25NOS. The second-order valence-electron chi connectivity index (χ2n) is 5.37. The number of methoxy groups -OCH3 is 1. The summed E-state index contributed by atoms with van der Waals surface area (Å²) in [6.07, 6.45) is 7.55. The van der Waals surface area contributed by atoms with Crippen LogP contribution in [0.3, 0.4) is 0 Å². The maximum Gasteiger partial charge on any atom is 0.119 e. The minimum atomic E-state index is 0.394. The number of benzene rings is 1. The maximum atomic E-state index is 5.29. The number of thioether (sulfide) groups is 1. The summed E-state index contributed by atoms with van der Waals surface area (Å²) in [5, 5.41) is 4.65. The van der Waals surface area contributed by atoms with Crippen LogP contribution in [0.1, 0.15) is 44.2 Å². The molecule has 1 aliphatic carbocycles. The van der Waals surface area contributed by atoms with Crippen LogP contribution in [0.15, 0.2) is 24.3 Å². The fraction of sp³-hybridized carbons (Fsp3) is 0.625. The molecule has 0 radical (unpaired) electrons. The summed E-state index contributed by atoms with van der Waals surface area (Å²) in [7, 11) is 1.72. The summed E-state index contributed by atoms with van der Waals surface area (Å²) in [6.45, 7) is 2.25. The molecule has 1 fully saturated rings. The van der Waals surface area contributed by atoms with E-state index in [1.54, 1.807) is 7.11 Å². The van der Waals surface area contributed by atoms with Gasteiger partial charge in [-0.1, -0.05) is 12.1 Å². The number of nitrogens with one attached hydrogen (secondary N) is 1. The normalized spacial score (nSPS) is 25.0. The van der Waals surface area contributed by atoms with Crippen molar-refractivity contribution >= 4 is 11.8 Å². The highest BCUT2D eigenvalue weighted by atomic mass is 32.2. The molecule has 1 N–H and O–H groups in total. The molecule has 1 unspecified atom stereocenters. The maximum absolute atomic E-state index is 5.29. The number of hydrogen-bond donors (Lipinski definition) is 1. The minimum Gasteiger partial charge on any atom is -0.497 e. The molecule has 0 aromatic heterocycles. The Labute approximate surface area is 121 Å². The highest BCUT2D eigenvalue weighted by molar-refractivity contribution is 7.99. The first-order chi connectivity index (χ1) is 9.22. The van der Waals surface area contributed by atoms with Gasteiger partial charge in [0.05, 0.1) is 7.11 Å². The SMILES string of the molecule is COc1cccc(C(C)NC2CCC(SC)CC2)c1. The summed E-state index contributed by atoms with van der Waals surface area (Å²) >= 11 is 2.02. The first-order valence-electron chi connectivity index (χ1n) is 7.15. The van der Waals surface area contributed by atoms with Gasteiger partial charge in [0, 0.05) is 17.3 Å². The van der Waals surface area contributed by atoms with Gasteiger partial charge in [-0.05, 0) is 56.6 Å². The fourth-order valence-electron chi connectivity index (χ4n) is 2.83. The van der Waals surface area contributed by atoms with Crippen molar-refractivity contribution in [2.75, 3.05) is 13.4 Å². The van der Waals surface area contributed by atoms with E-state index in [2.05, 4.69) is 36.7 Å². The van der Waals surface area contributed by atoms with Gasteiger partial charge in [-0.3, -0.25) is 0 Å².